The van der Waals surface area contributed by atoms with E-state index in [9.17, 15) is 0 Å². The Labute approximate surface area is 126 Å². The monoisotopic (exact) mass is 370 g/mol. The van der Waals surface area contributed by atoms with Crippen molar-refractivity contribution >= 4 is 67.9 Å². The number of aromatic nitrogens is 1. The van der Waals surface area contributed by atoms with Crippen LogP contribution in [0.1, 0.15) is 4.88 Å². The first kappa shape index (κ1) is 13.4. The minimum atomic E-state index is 0.242. The van der Waals surface area contributed by atoms with E-state index in [1.54, 1.807) is 17.4 Å². The average Bonchev–Trinajstić information content (AvgIpc) is 2.68. The van der Waals surface area contributed by atoms with Gasteiger partial charge in [0.1, 0.15) is 11.0 Å². The molecule has 0 aliphatic carbocycles. The van der Waals surface area contributed by atoms with Gasteiger partial charge in [0.05, 0.1) is 20.4 Å². The zero-order chi connectivity index (χ0) is 12.4. The normalized spacial score (nSPS) is 10.6. The van der Waals surface area contributed by atoms with Gasteiger partial charge >= 0.3 is 0 Å². The topological polar surface area (TPSA) is 24.9 Å². The van der Waals surface area contributed by atoms with Crippen molar-refractivity contribution < 1.29 is 0 Å². The van der Waals surface area contributed by atoms with Crippen LogP contribution in [0.5, 0.6) is 0 Å². The maximum Gasteiger partial charge on any atom is 0.150 e. The van der Waals surface area contributed by atoms with Gasteiger partial charge in [-0.15, -0.1) is 11.3 Å². The molecular formula is C10H6BrCl3N2S. The number of nitrogens with zero attached hydrogens (tertiary/aromatic N) is 1. The Balaban J connectivity index is 2.11. The van der Waals surface area contributed by atoms with Crippen LogP contribution in [0.2, 0.25) is 15.2 Å². The van der Waals surface area contributed by atoms with Gasteiger partial charge in [0.2, 0.25) is 0 Å². The Hall–Kier alpha value is -0.0000000000000000555. The standard InChI is InChI=1S/C10H6BrCl3N2S/c11-8-2-1-5(17-8)4-15-10-7(13)3-6(12)9(14)16-10/h1-3H,4H2,(H,15,16). The van der Waals surface area contributed by atoms with Crippen LogP contribution < -0.4 is 5.32 Å². The van der Waals surface area contributed by atoms with Crippen LogP contribution in [0.15, 0.2) is 22.0 Å². The van der Waals surface area contributed by atoms with Crippen LogP contribution in [0.4, 0.5) is 5.82 Å². The highest BCUT2D eigenvalue weighted by atomic mass is 79.9. The fourth-order valence-corrected chi connectivity index (χ4v) is 3.17. The zero-order valence-electron chi connectivity index (χ0n) is 8.31. The van der Waals surface area contributed by atoms with Crippen molar-refractivity contribution in [2.24, 2.45) is 0 Å². The molecule has 7 heteroatoms. The second-order valence-corrected chi connectivity index (χ2v) is 6.87. The summed E-state index contributed by atoms with van der Waals surface area (Å²) in [4.78, 5) is 5.24. The molecule has 1 N–H and O–H groups in total. The number of halogens is 4. The largest absolute Gasteiger partial charge is 0.364 e. The average molecular weight is 373 g/mol. The van der Waals surface area contributed by atoms with E-state index in [4.69, 9.17) is 34.8 Å². The first-order valence-electron chi connectivity index (χ1n) is 4.56. The van der Waals surface area contributed by atoms with E-state index >= 15 is 0 Å². The molecule has 0 unspecified atom stereocenters. The lowest BCUT2D eigenvalue weighted by Crippen LogP contribution is -2.00. The molecule has 2 heterocycles. The van der Waals surface area contributed by atoms with Crippen LogP contribution in [-0.2, 0) is 6.54 Å². The van der Waals surface area contributed by atoms with E-state index in [-0.39, 0.29) is 5.15 Å². The minimum Gasteiger partial charge on any atom is -0.364 e. The highest BCUT2D eigenvalue weighted by molar-refractivity contribution is 9.11. The number of hydrogen-bond acceptors (Lipinski definition) is 3. The Morgan fingerprint density at radius 2 is 2.00 bits per heavy atom. The summed E-state index contributed by atoms with van der Waals surface area (Å²) in [5.74, 6) is 0.533. The quantitative estimate of drug-likeness (QED) is 0.722. The fourth-order valence-electron chi connectivity index (χ4n) is 1.19. The van der Waals surface area contributed by atoms with Gasteiger partial charge in [-0.25, -0.2) is 4.98 Å². The molecule has 0 spiro atoms. The Kier molecular flexibility index (Phi) is 4.55. The molecule has 0 saturated carbocycles. The van der Waals surface area contributed by atoms with E-state index in [1.807, 2.05) is 12.1 Å². The van der Waals surface area contributed by atoms with Gasteiger partial charge in [-0.2, -0.15) is 0 Å². The molecule has 2 aromatic heterocycles. The molecule has 0 atom stereocenters. The van der Waals surface area contributed by atoms with Crippen molar-refractivity contribution in [3.05, 3.63) is 42.1 Å². The molecule has 0 aromatic carbocycles. The maximum absolute atomic E-state index is 6.00. The molecule has 0 bridgehead atoms. The Morgan fingerprint density at radius 1 is 1.24 bits per heavy atom. The van der Waals surface area contributed by atoms with Crippen LogP contribution in [-0.4, -0.2) is 4.98 Å². The lowest BCUT2D eigenvalue weighted by molar-refractivity contribution is 1.14. The van der Waals surface area contributed by atoms with Gasteiger partial charge in [-0.3, -0.25) is 0 Å². The number of anilines is 1. The van der Waals surface area contributed by atoms with E-state index < -0.39 is 0 Å². The number of thiophene rings is 1. The minimum absolute atomic E-state index is 0.242. The number of hydrogen-bond donors (Lipinski definition) is 1. The van der Waals surface area contributed by atoms with Crippen LogP contribution in [0.3, 0.4) is 0 Å². The van der Waals surface area contributed by atoms with Crippen LogP contribution in [0, 0.1) is 0 Å². The van der Waals surface area contributed by atoms with E-state index in [0.717, 1.165) is 3.79 Å². The third-order valence-corrected chi connectivity index (χ3v) is 4.53. The zero-order valence-corrected chi connectivity index (χ0v) is 13.0. The molecule has 0 aliphatic heterocycles. The second-order valence-electron chi connectivity index (χ2n) is 3.15. The Bertz CT molecular complexity index is 544. The molecular weight excluding hydrogens is 366 g/mol. The molecule has 2 nitrogen and oxygen atoms in total. The van der Waals surface area contributed by atoms with Crippen LogP contribution in [0.25, 0.3) is 0 Å². The van der Waals surface area contributed by atoms with Crippen molar-refractivity contribution in [1.29, 1.82) is 0 Å². The number of pyridine rings is 1. The van der Waals surface area contributed by atoms with Gasteiger partial charge < -0.3 is 5.32 Å². The lowest BCUT2D eigenvalue weighted by Gasteiger charge is -2.07. The summed E-state index contributed by atoms with van der Waals surface area (Å²) in [7, 11) is 0. The summed E-state index contributed by atoms with van der Waals surface area (Å²) in [6.07, 6.45) is 0. The SMILES string of the molecule is Clc1cc(Cl)c(NCc2ccc(Br)s2)nc1Cl. The van der Waals surface area contributed by atoms with Crippen molar-refractivity contribution in [3.63, 3.8) is 0 Å². The Morgan fingerprint density at radius 3 is 2.65 bits per heavy atom. The van der Waals surface area contributed by atoms with Gasteiger partial charge in [0.15, 0.2) is 0 Å². The van der Waals surface area contributed by atoms with Crippen molar-refractivity contribution in [2.75, 3.05) is 5.32 Å². The van der Waals surface area contributed by atoms with Crippen LogP contribution >= 0.6 is 62.1 Å². The lowest BCUT2D eigenvalue weighted by atomic mass is 10.4. The summed E-state index contributed by atoms with van der Waals surface area (Å²) >= 11 is 22.7. The van der Waals surface area contributed by atoms with E-state index in [1.165, 1.54) is 4.88 Å². The van der Waals surface area contributed by atoms with Crippen molar-refractivity contribution in [2.45, 2.75) is 6.54 Å². The predicted molar refractivity (Wildman–Crippen MR) is 78.6 cm³/mol. The molecule has 0 aliphatic rings. The third-order valence-electron chi connectivity index (χ3n) is 1.95. The fraction of sp³-hybridized carbons (Fsp3) is 0.100. The third kappa shape index (κ3) is 3.48. The molecule has 0 amide bonds. The summed E-state index contributed by atoms with van der Waals surface area (Å²) in [6.45, 7) is 0.640. The summed E-state index contributed by atoms with van der Waals surface area (Å²) in [5.41, 5.74) is 0. The van der Waals surface area contributed by atoms with Gasteiger partial charge in [0, 0.05) is 4.88 Å². The maximum atomic E-state index is 6.00. The first-order valence-corrected chi connectivity index (χ1v) is 7.30. The molecule has 90 valence electrons. The predicted octanol–water partition coefficient (Wildman–Crippen LogP) is 5.48. The highest BCUT2D eigenvalue weighted by Crippen LogP contribution is 2.29. The molecule has 2 rings (SSSR count). The summed E-state index contributed by atoms with van der Waals surface area (Å²) in [6, 6.07) is 5.59. The molecule has 0 fully saturated rings. The second kappa shape index (κ2) is 5.76. The molecule has 0 radical (unpaired) electrons. The summed E-state index contributed by atoms with van der Waals surface area (Å²) < 4.78 is 1.09. The first-order chi connectivity index (χ1) is 8.06. The smallest absolute Gasteiger partial charge is 0.150 e. The molecule has 0 saturated heterocycles. The van der Waals surface area contributed by atoms with Gasteiger partial charge in [0.25, 0.3) is 0 Å². The van der Waals surface area contributed by atoms with Crippen molar-refractivity contribution in [3.8, 4) is 0 Å². The van der Waals surface area contributed by atoms with E-state index in [0.29, 0.717) is 22.4 Å². The van der Waals surface area contributed by atoms with Gasteiger partial charge in [-0.05, 0) is 34.1 Å². The highest BCUT2D eigenvalue weighted by Gasteiger charge is 2.07. The summed E-state index contributed by atoms with van der Waals surface area (Å²) in [5, 5.41) is 4.16. The van der Waals surface area contributed by atoms with E-state index in [2.05, 4.69) is 26.2 Å². The molecule has 2 aromatic rings. The number of nitrogens with one attached hydrogen (secondary N) is 1. The molecule has 17 heavy (non-hydrogen) atoms. The number of rotatable bonds is 3. The van der Waals surface area contributed by atoms with Crippen molar-refractivity contribution in [1.82, 2.24) is 4.98 Å². The van der Waals surface area contributed by atoms with Gasteiger partial charge in [-0.1, -0.05) is 34.8 Å².